The predicted molar refractivity (Wildman–Crippen MR) is 90.5 cm³/mol. The average molecular weight is 430 g/mol. The van der Waals surface area contributed by atoms with E-state index in [-0.39, 0.29) is 18.1 Å². The molecule has 0 aliphatic heterocycles. The van der Waals surface area contributed by atoms with Gasteiger partial charge in [-0.2, -0.15) is 0 Å². The van der Waals surface area contributed by atoms with Crippen molar-refractivity contribution in [3.8, 4) is 17.2 Å². The fraction of sp³-hybridized carbons (Fsp3) is 0.188. The number of aryl methyl sites for hydroxylation is 1. The van der Waals surface area contributed by atoms with Crippen molar-refractivity contribution in [2.24, 2.45) is 0 Å². The van der Waals surface area contributed by atoms with E-state index in [1.165, 1.54) is 7.11 Å². The number of phenols is 1. The lowest BCUT2D eigenvalue weighted by atomic mass is 10.1. The Kier molecular flexibility index (Phi) is 5.47. The molecule has 0 radical (unpaired) electrons. The monoisotopic (exact) mass is 428 g/mol. The maximum absolute atomic E-state index is 11.3. The largest absolute Gasteiger partial charge is 0.508 e. The van der Waals surface area contributed by atoms with Crippen LogP contribution in [0.3, 0.4) is 0 Å². The van der Waals surface area contributed by atoms with E-state index in [9.17, 15) is 9.90 Å². The number of phenolic OH excluding ortho intramolecular Hbond substituents is 1. The fourth-order valence-electron chi connectivity index (χ4n) is 1.86. The lowest BCUT2D eigenvalue weighted by Crippen LogP contribution is -2.04. The first-order valence-electron chi connectivity index (χ1n) is 6.43. The Morgan fingerprint density at radius 1 is 1.18 bits per heavy atom. The van der Waals surface area contributed by atoms with Crippen LogP contribution in [0.1, 0.15) is 11.1 Å². The number of aromatic hydroxyl groups is 1. The van der Waals surface area contributed by atoms with Crippen LogP contribution in [-0.4, -0.2) is 18.2 Å². The molecule has 0 bridgehead atoms. The van der Waals surface area contributed by atoms with E-state index in [1.807, 2.05) is 12.1 Å². The number of carbonyl (C=O) groups is 1. The number of esters is 1. The van der Waals surface area contributed by atoms with Crippen LogP contribution >= 0.6 is 31.9 Å². The third-order valence-electron chi connectivity index (χ3n) is 3.02. The van der Waals surface area contributed by atoms with Gasteiger partial charge in [0.25, 0.3) is 0 Å². The number of benzene rings is 2. The van der Waals surface area contributed by atoms with E-state index >= 15 is 0 Å². The first-order chi connectivity index (χ1) is 10.4. The van der Waals surface area contributed by atoms with Crippen molar-refractivity contribution >= 4 is 37.8 Å². The Hall–Kier alpha value is -1.53. The summed E-state index contributed by atoms with van der Waals surface area (Å²) in [5.74, 6) is 1.12. The summed E-state index contributed by atoms with van der Waals surface area (Å²) in [7, 11) is 1.36. The highest BCUT2D eigenvalue weighted by Crippen LogP contribution is 2.38. The minimum atomic E-state index is -0.304. The quantitative estimate of drug-likeness (QED) is 0.713. The van der Waals surface area contributed by atoms with Gasteiger partial charge < -0.3 is 14.6 Å². The molecule has 0 spiro atoms. The van der Waals surface area contributed by atoms with Gasteiger partial charge in [-0.3, -0.25) is 4.79 Å². The van der Waals surface area contributed by atoms with E-state index in [0.29, 0.717) is 20.4 Å². The van der Waals surface area contributed by atoms with Gasteiger partial charge in [-0.05, 0) is 80.2 Å². The summed E-state index contributed by atoms with van der Waals surface area (Å²) in [6.07, 6.45) is 0.187. The smallest absolute Gasteiger partial charge is 0.309 e. The number of hydrogen-bond donors (Lipinski definition) is 1. The van der Waals surface area contributed by atoms with Gasteiger partial charge in [-0.15, -0.1) is 0 Å². The summed E-state index contributed by atoms with van der Waals surface area (Å²) in [6.45, 7) is 1.80. The van der Waals surface area contributed by atoms with Crippen molar-refractivity contribution in [3.63, 3.8) is 0 Å². The number of methoxy groups -OCH3 is 1. The lowest BCUT2D eigenvalue weighted by molar-refractivity contribution is -0.139. The van der Waals surface area contributed by atoms with Gasteiger partial charge >= 0.3 is 5.97 Å². The van der Waals surface area contributed by atoms with Crippen molar-refractivity contribution in [2.45, 2.75) is 13.3 Å². The van der Waals surface area contributed by atoms with Crippen LogP contribution < -0.4 is 4.74 Å². The number of ether oxygens (including phenoxy) is 2. The first kappa shape index (κ1) is 16.8. The molecule has 2 aromatic carbocycles. The first-order valence-corrected chi connectivity index (χ1v) is 8.01. The highest BCUT2D eigenvalue weighted by Gasteiger charge is 2.13. The number of halogens is 2. The molecule has 1 N–H and O–H groups in total. The fourth-order valence-corrected chi connectivity index (χ4v) is 3.30. The number of carbonyl (C=O) groups excluding carboxylic acids is 1. The molecular weight excluding hydrogens is 416 g/mol. The van der Waals surface area contributed by atoms with Crippen molar-refractivity contribution < 1.29 is 19.4 Å². The zero-order valence-corrected chi connectivity index (χ0v) is 15.2. The maximum atomic E-state index is 11.3. The molecule has 6 heteroatoms. The summed E-state index contributed by atoms with van der Waals surface area (Å²) in [4.78, 5) is 11.3. The lowest BCUT2D eigenvalue weighted by Gasteiger charge is -2.12. The summed E-state index contributed by atoms with van der Waals surface area (Å²) < 4.78 is 11.9. The Labute approximate surface area is 145 Å². The third kappa shape index (κ3) is 4.01. The molecule has 0 amide bonds. The van der Waals surface area contributed by atoms with Gasteiger partial charge in [-0.1, -0.05) is 0 Å². The Bertz CT molecular complexity index is 690. The second kappa shape index (κ2) is 7.15. The third-order valence-corrected chi connectivity index (χ3v) is 4.20. The molecule has 2 rings (SSSR count). The second-order valence-electron chi connectivity index (χ2n) is 4.69. The van der Waals surface area contributed by atoms with Crippen LogP contribution in [0.4, 0.5) is 0 Å². The van der Waals surface area contributed by atoms with E-state index in [4.69, 9.17) is 4.74 Å². The molecule has 22 heavy (non-hydrogen) atoms. The Balaban J connectivity index is 2.28. The second-order valence-corrected chi connectivity index (χ2v) is 6.40. The molecule has 4 nitrogen and oxygen atoms in total. The molecule has 2 aromatic rings. The zero-order valence-electron chi connectivity index (χ0n) is 12.0. The average Bonchev–Trinajstić information content (AvgIpc) is 2.46. The van der Waals surface area contributed by atoms with E-state index < -0.39 is 0 Å². The van der Waals surface area contributed by atoms with Crippen molar-refractivity contribution in [1.29, 1.82) is 0 Å². The van der Waals surface area contributed by atoms with Crippen molar-refractivity contribution in [1.82, 2.24) is 0 Å². The van der Waals surface area contributed by atoms with E-state index in [0.717, 1.165) is 11.1 Å². The van der Waals surface area contributed by atoms with Crippen LogP contribution in [0, 0.1) is 6.92 Å². The predicted octanol–water partition coefficient (Wildman–Crippen LogP) is 4.73. The summed E-state index contributed by atoms with van der Waals surface area (Å²) in [5, 5.41) is 9.54. The van der Waals surface area contributed by atoms with Gasteiger partial charge in [-0.25, -0.2) is 0 Å². The standard InChI is InChI=1S/C16H14Br2O4/c1-9-5-11(3-4-14(9)19)22-16-12(17)6-10(7-13(16)18)8-15(20)21-2/h3-7,19H,8H2,1-2H3. The molecule has 0 fully saturated rings. The van der Waals surface area contributed by atoms with Crippen molar-refractivity contribution in [3.05, 3.63) is 50.4 Å². The van der Waals surface area contributed by atoms with Crippen LogP contribution in [-0.2, 0) is 16.0 Å². The number of rotatable bonds is 4. The van der Waals surface area contributed by atoms with Gasteiger partial charge in [0, 0.05) is 0 Å². The minimum Gasteiger partial charge on any atom is -0.508 e. The molecule has 0 aliphatic carbocycles. The molecule has 0 saturated heterocycles. The Morgan fingerprint density at radius 2 is 1.82 bits per heavy atom. The molecule has 0 heterocycles. The summed E-state index contributed by atoms with van der Waals surface area (Å²) in [5.41, 5.74) is 1.53. The van der Waals surface area contributed by atoms with Crippen molar-refractivity contribution in [2.75, 3.05) is 7.11 Å². The van der Waals surface area contributed by atoms with Gasteiger partial charge in [0.1, 0.15) is 11.5 Å². The van der Waals surface area contributed by atoms with Crippen LogP contribution in [0.15, 0.2) is 39.3 Å². The minimum absolute atomic E-state index is 0.187. The highest BCUT2D eigenvalue weighted by molar-refractivity contribution is 9.11. The van der Waals surface area contributed by atoms with Gasteiger partial charge in [0.2, 0.25) is 0 Å². The van der Waals surface area contributed by atoms with Gasteiger partial charge in [0.05, 0.1) is 22.5 Å². The zero-order chi connectivity index (χ0) is 16.3. The van der Waals surface area contributed by atoms with Crippen LogP contribution in [0.2, 0.25) is 0 Å². The molecule has 0 aromatic heterocycles. The highest BCUT2D eigenvalue weighted by atomic mass is 79.9. The molecule has 0 aliphatic rings. The summed E-state index contributed by atoms with van der Waals surface area (Å²) in [6, 6.07) is 8.63. The Morgan fingerprint density at radius 3 is 2.36 bits per heavy atom. The topological polar surface area (TPSA) is 55.8 Å². The van der Waals surface area contributed by atoms with Crippen LogP contribution in [0.25, 0.3) is 0 Å². The van der Waals surface area contributed by atoms with Gasteiger partial charge in [0.15, 0.2) is 5.75 Å². The molecular formula is C16H14Br2O4. The van der Waals surface area contributed by atoms with E-state index in [1.54, 1.807) is 25.1 Å². The molecule has 0 saturated carbocycles. The number of hydrogen-bond acceptors (Lipinski definition) is 4. The molecule has 116 valence electrons. The molecule has 0 unspecified atom stereocenters. The summed E-state index contributed by atoms with van der Waals surface area (Å²) >= 11 is 6.89. The van der Waals surface area contributed by atoms with E-state index in [2.05, 4.69) is 36.6 Å². The normalized spacial score (nSPS) is 10.4. The SMILES string of the molecule is COC(=O)Cc1cc(Br)c(Oc2ccc(O)c(C)c2)c(Br)c1. The molecule has 0 atom stereocenters. The maximum Gasteiger partial charge on any atom is 0.309 e. The van der Waals surface area contributed by atoms with Crippen LogP contribution in [0.5, 0.6) is 17.2 Å².